The predicted octanol–water partition coefficient (Wildman–Crippen LogP) is -1.47. The molecule has 0 radical (unpaired) electrons. The molecule has 1 aliphatic rings. The number of halogens is 1. The van der Waals surface area contributed by atoms with Crippen molar-refractivity contribution < 1.29 is 47.5 Å². The number of benzene rings is 2. The highest BCUT2D eigenvalue weighted by Gasteiger charge is 2.36. The summed E-state index contributed by atoms with van der Waals surface area (Å²) in [7, 11) is 0. The van der Waals surface area contributed by atoms with Gasteiger partial charge in [0.05, 0.1) is 0 Å². The lowest BCUT2D eigenvalue weighted by atomic mass is 10.0. The highest BCUT2D eigenvalue weighted by atomic mass is 19.1. The Hall–Kier alpha value is -8.32. The molecule has 1 aliphatic heterocycles. The Labute approximate surface area is 433 Å². The Morgan fingerprint density at radius 1 is 0.773 bits per heavy atom. The average molecular weight is 1050 g/mol. The fourth-order valence-electron chi connectivity index (χ4n) is 8.19. The third-order valence-corrected chi connectivity index (χ3v) is 12.1. The van der Waals surface area contributed by atoms with Crippen LogP contribution in [0.25, 0.3) is 10.9 Å². The third-order valence-electron chi connectivity index (χ3n) is 12.1. The monoisotopic (exact) mass is 1050 g/mol. The number of unbranched alkanes of at least 4 members (excludes halogenated alkanes) is 1. The van der Waals surface area contributed by atoms with Crippen LogP contribution < -0.4 is 65.9 Å². The molecule has 0 saturated carbocycles. The van der Waals surface area contributed by atoms with Crippen LogP contribution >= 0.6 is 0 Å². The van der Waals surface area contributed by atoms with Gasteiger partial charge in [-0.15, -0.1) is 0 Å². The molecule has 75 heavy (non-hydrogen) atoms. The molecule has 1 saturated heterocycles. The Bertz CT molecular complexity index is 2550. The van der Waals surface area contributed by atoms with Crippen LogP contribution in [0.4, 0.5) is 9.18 Å². The first-order valence-electron chi connectivity index (χ1n) is 24.8. The number of nitrogens with zero attached hydrogens (tertiary/aromatic N) is 3. The number of primary amides is 1. The number of hydrogen-bond donors (Lipinski definition) is 13. The summed E-state index contributed by atoms with van der Waals surface area (Å²) in [4.78, 5) is 137. The SMILES string of the molecule is CCCCN1C(=O)NC(Cc2ccccc2F)C(=O)N[C@@H](CCCN=C(N)N)C(=O)N[C@@H](Cc2c[nH]c3ccccc23)C(=O)NC(C(N)=O)CCC(=O)NCCCC(NC(=O)[C@H](CCCN=C(N)N)NC(C)=O)C1=O. The minimum absolute atomic E-state index is 0.000225. The summed E-state index contributed by atoms with van der Waals surface area (Å²) in [6.07, 6.45) is 1.28. The number of para-hydroxylation sites is 1. The maximum Gasteiger partial charge on any atom is 0.324 e. The van der Waals surface area contributed by atoms with E-state index in [1.165, 1.54) is 25.1 Å². The van der Waals surface area contributed by atoms with Crippen LogP contribution in [0.15, 0.2) is 64.7 Å². The van der Waals surface area contributed by atoms with Gasteiger partial charge in [-0.3, -0.25) is 53.2 Å². The average Bonchev–Trinajstić information content (AvgIpc) is 3.77. The van der Waals surface area contributed by atoms with Crippen LogP contribution in [-0.2, 0) is 51.2 Å². The second-order valence-electron chi connectivity index (χ2n) is 18.0. The van der Waals surface area contributed by atoms with Gasteiger partial charge in [0.15, 0.2) is 11.9 Å². The molecule has 3 aromatic rings. The lowest BCUT2D eigenvalue weighted by Gasteiger charge is -2.30. The van der Waals surface area contributed by atoms with Crippen LogP contribution in [0.5, 0.6) is 0 Å². The highest BCUT2D eigenvalue weighted by molar-refractivity contribution is 6.01. The first-order chi connectivity index (χ1) is 35.8. The van der Waals surface area contributed by atoms with E-state index in [4.69, 9.17) is 28.7 Å². The lowest BCUT2D eigenvalue weighted by Crippen LogP contribution is -2.61. The van der Waals surface area contributed by atoms with Gasteiger partial charge >= 0.3 is 6.03 Å². The molecule has 3 unspecified atom stereocenters. The molecule has 6 atom stereocenters. The molecule has 1 fully saturated rings. The number of aromatic amines is 1. The number of H-pyrrole nitrogens is 1. The van der Waals surface area contributed by atoms with Gasteiger partial charge < -0.3 is 70.9 Å². The zero-order chi connectivity index (χ0) is 55.0. The summed E-state index contributed by atoms with van der Waals surface area (Å²) in [6, 6.07) is 2.94. The van der Waals surface area contributed by atoms with Crippen molar-refractivity contribution >= 4 is 76.1 Å². The number of rotatable bonds is 19. The lowest BCUT2D eigenvalue weighted by molar-refractivity contribution is -0.136. The summed E-state index contributed by atoms with van der Waals surface area (Å²) in [5.41, 5.74) is 29.0. The molecule has 10 amide bonds. The van der Waals surface area contributed by atoms with E-state index < -0.39 is 102 Å². The first-order valence-corrected chi connectivity index (χ1v) is 24.8. The van der Waals surface area contributed by atoms with Gasteiger partial charge in [0, 0.05) is 69.5 Å². The molecule has 0 bridgehead atoms. The van der Waals surface area contributed by atoms with Crippen molar-refractivity contribution in [3.05, 3.63) is 71.7 Å². The van der Waals surface area contributed by atoms with Gasteiger partial charge in [0.1, 0.15) is 42.1 Å². The number of nitrogens with two attached hydrogens (primary N) is 5. The normalized spacial score (nSPS) is 20.1. The highest BCUT2D eigenvalue weighted by Crippen LogP contribution is 2.20. The zero-order valence-corrected chi connectivity index (χ0v) is 42.3. The van der Waals surface area contributed by atoms with E-state index in [0.717, 1.165) is 21.9 Å². The molecule has 408 valence electrons. The number of aliphatic imine (C=N–C) groups is 2. The van der Waals surface area contributed by atoms with Gasteiger partial charge in [-0.25, -0.2) is 9.18 Å². The number of guanidine groups is 2. The summed E-state index contributed by atoms with van der Waals surface area (Å²) in [5, 5.41) is 19.1. The van der Waals surface area contributed by atoms with Crippen molar-refractivity contribution in [2.45, 2.75) is 127 Å². The largest absolute Gasteiger partial charge is 0.370 e. The van der Waals surface area contributed by atoms with E-state index in [-0.39, 0.29) is 108 Å². The van der Waals surface area contributed by atoms with Crippen molar-refractivity contribution in [1.29, 1.82) is 0 Å². The Morgan fingerprint density at radius 3 is 2.08 bits per heavy atom. The molecule has 1 aromatic heterocycles. The third kappa shape index (κ3) is 19.6. The Morgan fingerprint density at radius 2 is 1.40 bits per heavy atom. The predicted molar refractivity (Wildman–Crippen MR) is 277 cm³/mol. The van der Waals surface area contributed by atoms with Crippen LogP contribution in [-0.4, -0.2) is 138 Å². The maximum atomic E-state index is 15.4. The number of carbonyl (C=O) groups is 9. The van der Waals surface area contributed by atoms with E-state index in [1.54, 1.807) is 31.3 Å². The number of nitrogens with one attached hydrogen (secondary N) is 8. The molecule has 18 N–H and O–H groups in total. The van der Waals surface area contributed by atoms with Crippen molar-refractivity contribution in [3.63, 3.8) is 0 Å². The standard InChI is InChI=1S/C49H71FN16O9/c1-3-4-24-66-46(74)37(63-42(70)35(60-28(2)67)16-9-22-57-47(52)53)18-11-21-56-40(68)20-19-34(41(51)69)61-44(72)38(26-30-27-59-33-15-8-6-13-31(30)33)64-43(71)36(17-10-23-58-48(54)55)62-45(73)39(65-49(66)75)25-29-12-5-7-14-32(29)50/h5-8,12-15,27,34-39,59H,3-4,9-11,16-26H2,1-2H3,(H2,51,69)(H,56,68)(H,60,67)(H,61,72)(H,62,73)(H,63,70)(H,64,71)(H,65,75)(H4,52,53,57)(H4,54,55,58)/t34?,35-,36-,37?,38-,39?/m0/s1. The van der Waals surface area contributed by atoms with Gasteiger partial charge in [0.2, 0.25) is 41.4 Å². The number of aromatic nitrogens is 1. The molecule has 0 spiro atoms. The Balaban J connectivity index is 1.81. The summed E-state index contributed by atoms with van der Waals surface area (Å²) >= 11 is 0. The number of imide groups is 1. The first kappa shape index (κ1) is 59.2. The molecule has 2 heterocycles. The van der Waals surface area contributed by atoms with Crippen molar-refractivity contribution in [2.24, 2.45) is 38.7 Å². The molecule has 4 rings (SSSR count). The van der Waals surface area contributed by atoms with Crippen LogP contribution in [0.2, 0.25) is 0 Å². The van der Waals surface area contributed by atoms with E-state index in [9.17, 15) is 43.2 Å². The van der Waals surface area contributed by atoms with Crippen LogP contribution in [0, 0.1) is 5.82 Å². The van der Waals surface area contributed by atoms with Crippen molar-refractivity contribution in [3.8, 4) is 0 Å². The van der Waals surface area contributed by atoms with E-state index >= 15 is 4.39 Å². The molecular formula is C49H71FN16O9. The second kappa shape index (κ2) is 30.0. The molecule has 26 heteroatoms. The summed E-state index contributed by atoms with van der Waals surface area (Å²) in [5.74, 6) is -7.72. The van der Waals surface area contributed by atoms with Crippen LogP contribution in [0.3, 0.4) is 0 Å². The van der Waals surface area contributed by atoms with Gasteiger partial charge in [-0.05, 0) is 74.6 Å². The van der Waals surface area contributed by atoms with E-state index in [1.807, 2.05) is 6.07 Å². The summed E-state index contributed by atoms with van der Waals surface area (Å²) < 4.78 is 15.4. The van der Waals surface area contributed by atoms with E-state index in [0.29, 0.717) is 12.0 Å². The number of fused-ring (bicyclic) bond motifs is 1. The van der Waals surface area contributed by atoms with Crippen LogP contribution in [0.1, 0.15) is 89.2 Å². The van der Waals surface area contributed by atoms with Gasteiger partial charge in [0.25, 0.3) is 5.91 Å². The van der Waals surface area contributed by atoms with Crippen molar-refractivity contribution in [2.75, 3.05) is 26.2 Å². The fourth-order valence-corrected chi connectivity index (χ4v) is 8.19. The van der Waals surface area contributed by atoms with Crippen molar-refractivity contribution in [1.82, 2.24) is 47.1 Å². The number of urea groups is 1. The Kier molecular flexibility index (Phi) is 23.7. The van der Waals surface area contributed by atoms with Gasteiger partial charge in [-0.1, -0.05) is 49.7 Å². The minimum atomic E-state index is -1.67. The number of hydrogen-bond acceptors (Lipinski definition) is 11. The molecular weight excluding hydrogens is 976 g/mol. The molecule has 0 aliphatic carbocycles. The topological polar surface area (TPSA) is 412 Å². The summed E-state index contributed by atoms with van der Waals surface area (Å²) in [6.45, 7) is 2.82. The zero-order valence-electron chi connectivity index (χ0n) is 42.3. The maximum absolute atomic E-state index is 15.4. The van der Waals surface area contributed by atoms with Gasteiger partial charge in [-0.2, -0.15) is 0 Å². The molecule has 2 aromatic carbocycles. The number of amides is 10. The number of carbonyl (C=O) groups excluding carboxylic acids is 9. The fraction of sp³-hybridized carbons (Fsp3) is 0.490. The minimum Gasteiger partial charge on any atom is -0.370 e. The smallest absolute Gasteiger partial charge is 0.324 e. The second-order valence-corrected chi connectivity index (χ2v) is 18.0. The quantitative estimate of drug-likeness (QED) is 0.0371. The van der Waals surface area contributed by atoms with E-state index in [2.05, 4.69) is 52.2 Å². The molecule has 25 nitrogen and oxygen atoms in total.